The average Bonchev–Trinajstić information content (AvgIpc) is 3.28. The van der Waals surface area contributed by atoms with Crippen LogP contribution in [0.1, 0.15) is 33.5 Å². The molecule has 0 aliphatic carbocycles. The second kappa shape index (κ2) is 8.48. The minimum absolute atomic E-state index is 0.0186. The molecule has 2 aliphatic rings. The van der Waals surface area contributed by atoms with Crippen molar-refractivity contribution in [3.8, 4) is 23.0 Å². The Morgan fingerprint density at radius 3 is 2.69 bits per heavy atom. The number of hydrogen-bond acceptors (Lipinski definition) is 8. The summed E-state index contributed by atoms with van der Waals surface area (Å²) in [6, 6.07) is 6.66. The number of ketones is 1. The van der Waals surface area contributed by atoms with Gasteiger partial charge in [-0.1, -0.05) is 0 Å². The van der Waals surface area contributed by atoms with Crippen molar-refractivity contribution in [2.45, 2.75) is 25.9 Å². The number of ether oxygens (including phenoxy) is 3. The van der Waals surface area contributed by atoms with Gasteiger partial charge in [0.25, 0.3) is 0 Å². The highest BCUT2D eigenvalue weighted by atomic mass is 32.2. The van der Waals surface area contributed by atoms with Gasteiger partial charge < -0.3 is 24.6 Å². The van der Waals surface area contributed by atoms with Gasteiger partial charge in [0.2, 0.25) is 5.78 Å². The maximum absolute atomic E-state index is 13.1. The monoisotopic (exact) mass is 459 g/mol. The van der Waals surface area contributed by atoms with Gasteiger partial charge in [-0.05, 0) is 43.7 Å². The van der Waals surface area contributed by atoms with E-state index >= 15 is 0 Å². The van der Waals surface area contributed by atoms with E-state index in [4.69, 9.17) is 14.2 Å². The maximum Gasteiger partial charge on any atom is 0.231 e. The van der Waals surface area contributed by atoms with E-state index in [1.54, 1.807) is 44.4 Å². The number of benzene rings is 2. The number of carbonyl (C=O) groups is 1. The van der Waals surface area contributed by atoms with Crippen LogP contribution in [0.25, 0.3) is 6.08 Å². The molecule has 170 valence electrons. The van der Waals surface area contributed by atoms with Crippen LogP contribution in [0.4, 0.5) is 0 Å². The number of carbonyl (C=O) groups excluding carboxylic acids is 1. The molecule has 0 spiro atoms. The molecule has 0 bridgehead atoms. The summed E-state index contributed by atoms with van der Waals surface area (Å²) in [6.07, 6.45) is 2.12. The first-order chi connectivity index (χ1) is 15.2. The summed E-state index contributed by atoms with van der Waals surface area (Å²) in [4.78, 5) is 13.1. The molecule has 2 aromatic rings. The third-order valence-corrected chi connectivity index (χ3v) is 7.55. The smallest absolute Gasteiger partial charge is 0.231 e. The Morgan fingerprint density at radius 2 is 2.03 bits per heavy atom. The van der Waals surface area contributed by atoms with E-state index in [0.29, 0.717) is 45.9 Å². The van der Waals surface area contributed by atoms with Crippen molar-refractivity contribution in [3.05, 3.63) is 52.3 Å². The van der Waals surface area contributed by atoms with Gasteiger partial charge in [-0.2, -0.15) is 0 Å². The molecule has 2 N–H and O–H groups in total. The van der Waals surface area contributed by atoms with Crippen LogP contribution < -0.4 is 19.5 Å². The van der Waals surface area contributed by atoms with Gasteiger partial charge in [0.15, 0.2) is 15.6 Å². The molecule has 0 amide bonds. The zero-order chi connectivity index (χ0) is 23.0. The van der Waals surface area contributed by atoms with E-state index in [0.717, 1.165) is 0 Å². The van der Waals surface area contributed by atoms with Crippen LogP contribution in [0.2, 0.25) is 0 Å². The fourth-order valence-corrected chi connectivity index (χ4v) is 5.69. The summed E-state index contributed by atoms with van der Waals surface area (Å²) >= 11 is 0. The number of allylic oxidation sites excluding steroid dienone is 1. The van der Waals surface area contributed by atoms with Gasteiger partial charge in [-0.25, -0.2) is 8.42 Å². The highest BCUT2D eigenvalue weighted by Crippen LogP contribution is 2.41. The third kappa shape index (κ3) is 4.18. The molecule has 0 aromatic heterocycles. The summed E-state index contributed by atoms with van der Waals surface area (Å²) in [5.74, 6) is 1.54. The summed E-state index contributed by atoms with van der Waals surface area (Å²) in [5.41, 5.74) is 1.94. The molecule has 1 unspecified atom stereocenters. The average molecular weight is 460 g/mol. The highest BCUT2D eigenvalue weighted by molar-refractivity contribution is 7.91. The van der Waals surface area contributed by atoms with Crippen LogP contribution in [0.3, 0.4) is 0 Å². The summed E-state index contributed by atoms with van der Waals surface area (Å²) in [5, 5.41) is 13.8. The van der Waals surface area contributed by atoms with Crippen LogP contribution in [0.5, 0.6) is 23.0 Å². The third-order valence-electron chi connectivity index (χ3n) is 5.78. The lowest BCUT2D eigenvalue weighted by Gasteiger charge is -2.14. The van der Waals surface area contributed by atoms with Gasteiger partial charge in [0.05, 0.1) is 31.3 Å². The van der Waals surface area contributed by atoms with E-state index in [2.05, 4.69) is 5.32 Å². The van der Waals surface area contributed by atoms with E-state index in [1.807, 2.05) is 0 Å². The number of sulfone groups is 1. The minimum Gasteiger partial charge on any atom is -0.507 e. The summed E-state index contributed by atoms with van der Waals surface area (Å²) < 4.78 is 39.8. The summed E-state index contributed by atoms with van der Waals surface area (Å²) in [6.45, 7) is 1.93. The Labute approximate surface area is 186 Å². The number of hydrogen-bond donors (Lipinski definition) is 2. The lowest BCUT2D eigenvalue weighted by atomic mass is 10.0. The maximum atomic E-state index is 13.1. The molecule has 2 aliphatic heterocycles. The topological polar surface area (TPSA) is 111 Å². The fourth-order valence-electron chi connectivity index (χ4n) is 3.98. The van der Waals surface area contributed by atoms with Gasteiger partial charge >= 0.3 is 0 Å². The van der Waals surface area contributed by atoms with E-state index in [1.165, 1.54) is 7.11 Å². The van der Waals surface area contributed by atoms with E-state index < -0.39 is 9.84 Å². The number of rotatable bonds is 6. The number of fused-ring (bicyclic) bond motifs is 1. The molecule has 4 rings (SSSR count). The van der Waals surface area contributed by atoms with Crippen molar-refractivity contribution in [1.29, 1.82) is 0 Å². The van der Waals surface area contributed by atoms with Gasteiger partial charge in [-0.15, -0.1) is 0 Å². The molecule has 1 atom stereocenters. The predicted molar refractivity (Wildman–Crippen MR) is 119 cm³/mol. The Hall–Kier alpha value is -3.04. The molecule has 2 aromatic carbocycles. The SMILES string of the molecule is COc1ccc(OC)c(C=C2Oc3c(cc(CNC4CCS(=O)(=O)C4)c(O)c3C)C2=O)c1. The zero-order valence-corrected chi connectivity index (χ0v) is 18.9. The number of phenolic OH excluding ortho intramolecular Hbond substituents is 1. The molecular formula is C23H25NO7S. The Balaban J connectivity index is 1.61. The van der Waals surface area contributed by atoms with Gasteiger partial charge in [0.1, 0.15) is 23.0 Å². The van der Waals surface area contributed by atoms with Crippen molar-refractivity contribution in [3.63, 3.8) is 0 Å². The molecule has 1 saturated heterocycles. The number of aromatic hydroxyl groups is 1. The molecule has 0 saturated carbocycles. The van der Waals surface area contributed by atoms with Crippen molar-refractivity contribution >= 4 is 21.7 Å². The largest absolute Gasteiger partial charge is 0.507 e. The van der Waals surface area contributed by atoms with Crippen molar-refractivity contribution in [2.24, 2.45) is 0 Å². The van der Waals surface area contributed by atoms with E-state index in [9.17, 15) is 18.3 Å². The number of methoxy groups -OCH3 is 2. The molecule has 1 fully saturated rings. The van der Waals surface area contributed by atoms with Crippen LogP contribution in [0.15, 0.2) is 30.0 Å². The first-order valence-electron chi connectivity index (χ1n) is 10.2. The minimum atomic E-state index is -3.01. The van der Waals surface area contributed by atoms with Crippen LogP contribution in [-0.4, -0.2) is 51.1 Å². The molecule has 2 heterocycles. The van der Waals surface area contributed by atoms with Crippen molar-refractivity contribution in [1.82, 2.24) is 5.32 Å². The highest BCUT2D eigenvalue weighted by Gasteiger charge is 2.32. The van der Waals surface area contributed by atoms with Gasteiger partial charge in [0, 0.05) is 29.3 Å². The number of phenols is 1. The van der Waals surface area contributed by atoms with Crippen molar-refractivity contribution in [2.75, 3.05) is 25.7 Å². The quantitative estimate of drug-likeness (QED) is 0.634. The molecule has 9 heteroatoms. The Bertz CT molecular complexity index is 1220. The number of nitrogens with one attached hydrogen (secondary N) is 1. The molecular weight excluding hydrogens is 434 g/mol. The standard InChI is InChI=1S/C23H25NO7S/c1-13-21(25)15(11-24-16-6-7-32(27,28)12-16)9-18-22(26)20(31-23(13)18)10-14-8-17(29-2)4-5-19(14)30-3/h4-5,8-10,16,24-25H,6-7,11-12H2,1-3H3. The number of Topliss-reactive ketones (excluding diaryl/α,β-unsaturated/α-hetero) is 1. The lowest BCUT2D eigenvalue weighted by molar-refractivity contribution is 0.101. The van der Waals surface area contributed by atoms with Crippen LogP contribution in [0, 0.1) is 6.92 Å². The first kappa shape index (κ1) is 22.2. The van der Waals surface area contributed by atoms with Crippen molar-refractivity contribution < 1.29 is 32.5 Å². The first-order valence-corrected chi connectivity index (χ1v) is 12.0. The lowest BCUT2D eigenvalue weighted by Crippen LogP contribution is -2.29. The second-order valence-electron chi connectivity index (χ2n) is 7.91. The van der Waals surface area contributed by atoms with E-state index in [-0.39, 0.29) is 41.4 Å². The Morgan fingerprint density at radius 1 is 1.25 bits per heavy atom. The fraction of sp³-hybridized carbons (Fsp3) is 0.348. The predicted octanol–water partition coefficient (Wildman–Crippen LogP) is 2.61. The summed E-state index contributed by atoms with van der Waals surface area (Å²) in [7, 11) is 0.0746. The van der Waals surface area contributed by atoms with Gasteiger partial charge in [-0.3, -0.25) is 4.79 Å². The second-order valence-corrected chi connectivity index (χ2v) is 10.1. The Kier molecular flexibility index (Phi) is 5.87. The molecule has 32 heavy (non-hydrogen) atoms. The molecule has 8 nitrogen and oxygen atoms in total. The van der Waals surface area contributed by atoms with Crippen LogP contribution in [-0.2, 0) is 16.4 Å². The zero-order valence-electron chi connectivity index (χ0n) is 18.1. The molecule has 0 radical (unpaired) electrons. The van der Waals surface area contributed by atoms with Crippen LogP contribution >= 0.6 is 0 Å². The normalized spacial score (nSPS) is 20.3.